The van der Waals surface area contributed by atoms with Crippen LogP contribution >= 0.6 is 0 Å². The Labute approximate surface area is 166 Å². The second-order valence-corrected chi connectivity index (χ2v) is 6.25. The summed E-state index contributed by atoms with van der Waals surface area (Å²) in [6.07, 6.45) is 4.52. The number of carbonyl (C=O) groups is 2. The maximum atomic E-state index is 13.1. The molecular formula is C22H18FNO5. The van der Waals surface area contributed by atoms with Crippen LogP contribution in [0.5, 0.6) is 5.75 Å². The number of hydrogen-bond donors (Lipinski definition) is 1. The molecule has 0 aliphatic rings. The second kappa shape index (κ2) is 8.52. The van der Waals surface area contributed by atoms with Gasteiger partial charge < -0.3 is 14.6 Å². The first-order chi connectivity index (χ1) is 13.9. The number of esters is 1. The zero-order valence-corrected chi connectivity index (χ0v) is 15.8. The lowest BCUT2D eigenvalue weighted by Crippen LogP contribution is -2.06. The molecule has 0 unspecified atom stereocenters. The molecule has 0 fully saturated rings. The molecule has 3 rings (SSSR count). The first kappa shape index (κ1) is 20.0. The van der Waals surface area contributed by atoms with Crippen molar-refractivity contribution in [3.8, 4) is 5.75 Å². The predicted octanol–water partition coefficient (Wildman–Crippen LogP) is 3.86. The van der Waals surface area contributed by atoms with E-state index in [2.05, 4.69) is 4.98 Å². The van der Waals surface area contributed by atoms with E-state index in [9.17, 15) is 14.0 Å². The summed E-state index contributed by atoms with van der Waals surface area (Å²) in [4.78, 5) is 27.6. The molecule has 0 bridgehead atoms. The Morgan fingerprint density at radius 2 is 1.86 bits per heavy atom. The summed E-state index contributed by atoms with van der Waals surface area (Å²) in [6.45, 7) is 0. The Morgan fingerprint density at radius 1 is 1.14 bits per heavy atom. The number of rotatable bonds is 6. The number of carbonyl (C=O) groups excluding carboxylic acids is 1. The molecule has 3 aromatic rings. The van der Waals surface area contributed by atoms with Gasteiger partial charge in [-0.05, 0) is 53.5 Å². The fourth-order valence-corrected chi connectivity index (χ4v) is 3.04. The molecule has 0 saturated carbocycles. The minimum Gasteiger partial charge on any atom is -0.494 e. The van der Waals surface area contributed by atoms with Gasteiger partial charge in [-0.3, -0.25) is 4.98 Å². The van der Waals surface area contributed by atoms with Crippen LogP contribution in [0.15, 0.2) is 48.7 Å². The standard InChI is InChI=1S/C22H18FNO5/c1-28-21-18(22(27)29-2)11-15(5-8-19(25)26)17-10-14(12-24-20(17)21)9-13-3-6-16(23)7-4-13/h3-8,10-12H,9H2,1-2H3,(H,25,26). The smallest absolute Gasteiger partial charge is 0.341 e. The molecule has 0 atom stereocenters. The number of ether oxygens (including phenoxy) is 2. The molecule has 7 heteroatoms. The number of benzene rings is 2. The Bertz CT molecular complexity index is 1110. The van der Waals surface area contributed by atoms with E-state index in [1.165, 1.54) is 38.5 Å². The van der Waals surface area contributed by atoms with Crippen LogP contribution in [0.3, 0.4) is 0 Å². The molecule has 29 heavy (non-hydrogen) atoms. The minimum absolute atomic E-state index is 0.145. The fourth-order valence-electron chi connectivity index (χ4n) is 3.04. The zero-order chi connectivity index (χ0) is 21.0. The Balaban J connectivity index is 2.17. The van der Waals surface area contributed by atoms with Crippen molar-refractivity contribution in [2.24, 2.45) is 0 Å². The Hall–Kier alpha value is -3.74. The number of halogens is 1. The summed E-state index contributed by atoms with van der Waals surface area (Å²) in [7, 11) is 2.67. The van der Waals surface area contributed by atoms with E-state index < -0.39 is 11.9 Å². The Morgan fingerprint density at radius 3 is 2.48 bits per heavy atom. The van der Waals surface area contributed by atoms with Crippen molar-refractivity contribution < 1.29 is 28.6 Å². The third-order valence-electron chi connectivity index (χ3n) is 4.35. The van der Waals surface area contributed by atoms with Crippen molar-refractivity contribution in [3.63, 3.8) is 0 Å². The van der Waals surface area contributed by atoms with E-state index in [1.54, 1.807) is 18.3 Å². The maximum absolute atomic E-state index is 13.1. The first-order valence-corrected chi connectivity index (χ1v) is 8.66. The summed E-state index contributed by atoms with van der Waals surface area (Å²) >= 11 is 0. The largest absolute Gasteiger partial charge is 0.494 e. The van der Waals surface area contributed by atoms with E-state index in [0.717, 1.165) is 17.2 Å². The highest BCUT2D eigenvalue weighted by atomic mass is 19.1. The van der Waals surface area contributed by atoms with Gasteiger partial charge in [0.2, 0.25) is 0 Å². The molecule has 148 valence electrons. The second-order valence-electron chi connectivity index (χ2n) is 6.25. The molecule has 1 heterocycles. The molecule has 1 aromatic heterocycles. The topological polar surface area (TPSA) is 85.7 Å². The van der Waals surface area contributed by atoms with Gasteiger partial charge in [0.1, 0.15) is 16.9 Å². The maximum Gasteiger partial charge on any atom is 0.341 e. The quantitative estimate of drug-likeness (QED) is 0.504. The minimum atomic E-state index is -1.12. The monoisotopic (exact) mass is 395 g/mol. The summed E-state index contributed by atoms with van der Waals surface area (Å²) in [6, 6.07) is 9.50. The van der Waals surface area contributed by atoms with Crippen molar-refractivity contribution >= 4 is 28.9 Å². The molecule has 1 N–H and O–H groups in total. The summed E-state index contributed by atoms with van der Waals surface area (Å²) in [5.41, 5.74) is 2.77. The van der Waals surface area contributed by atoms with Crippen LogP contribution in [-0.2, 0) is 16.0 Å². The lowest BCUT2D eigenvalue weighted by molar-refractivity contribution is -0.131. The molecule has 0 amide bonds. The van der Waals surface area contributed by atoms with Crippen molar-refractivity contribution in [2.75, 3.05) is 14.2 Å². The Kier molecular flexibility index (Phi) is 5.87. The molecule has 0 aliphatic carbocycles. The highest BCUT2D eigenvalue weighted by molar-refractivity contribution is 6.04. The number of carboxylic acid groups (broad SMARTS) is 1. The van der Waals surface area contributed by atoms with Gasteiger partial charge in [0.15, 0.2) is 5.75 Å². The van der Waals surface area contributed by atoms with Crippen LogP contribution < -0.4 is 4.74 Å². The highest BCUT2D eigenvalue weighted by Gasteiger charge is 2.19. The summed E-state index contributed by atoms with van der Waals surface area (Å²) in [5, 5.41) is 9.61. The average Bonchev–Trinajstić information content (AvgIpc) is 2.72. The van der Waals surface area contributed by atoms with Crippen molar-refractivity contribution in [1.82, 2.24) is 4.98 Å². The lowest BCUT2D eigenvalue weighted by atomic mass is 9.99. The van der Waals surface area contributed by atoms with Gasteiger partial charge in [0.05, 0.1) is 14.2 Å². The van der Waals surface area contributed by atoms with Gasteiger partial charge in [-0.25, -0.2) is 14.0 Å². The van der Waals surface area contributed by atoms with Gasteiger partial charge in [0.25, 0.3) is 0 Å². The number of pyridine rings is 1. The highest BCUT2D eigenvalue weighted by Crippen LogP contribution is 2.33. The van der Waals surface area contributed by atoms with Crippen molar-refractivity contribution in [1.29, 1.82) is 0 Å². The average molecular weight is 395 g/mol. The molecular weight excluding hydrogens is 377 g/mol. The number of fused-ring (bicyclic) bond motifs is 1. The third kappa shape index (κ3) is 4.40. The number of hydrogen-bond acceptors (Lipinski definition) is 5. The molecule has 0 radical (unpaired) electrons. The molecule has 0 saturated heterocycles. The van der Waals surface area contributed by atoms with Crippen LogP contribution in [0.25, 0.3) is 17.0 Å². The van der Waals surface area contributed by atoms with Gasteiger partial charge in [0, 0.05) is 17.7 Å². The van der Waals surface area contributed by atoms with Gasteiger partial charge in [-0.15, -0.1) is 0 Å². The van der Waals surface area contributed by atoms with Crippen LogP contribution in [0, 0.1) is 5.82 Å². The SMILES string of the molecule is COC(=O)c1cc(C=CC(=O)O)c2cc(Cc3ccc(F)cc3)cnc2c1OC. The zero-order valence-electron chi connectivity index (χ0n) is 15.8. The first-order valence-electron chi connectivity index (χ1n) is 8.66. The number of aromatic nitrogens is 1. The summed E-state index contributed by atoms with van der Waals surface area (Å²) in [5.74, 6) is -1.81. The van der Waals surface area contributed by atoms with Crippen molar-refractivity contribution in [3.05, 3.63) is 76.7 Å². The fraction of sp³-hybridized carbons (Fsp3) is 0.136. The van der Waals surface area contributed by atoms with Crippen LogP contribution in [-0.4, -0.2) is 36.2 Å². The van der Waals surface area contributed by atoms with Crippen LogP contribution in [0.1, 0.15) is 27.0 Å². The van der Waals surface area contributed by atoms with Gasteiger partial charge >= 0.3 is 11.9 Å². The van der Waals surface area contributed by atoms with Gasteiger partial charge in [-0.2, -0.15) is 0 Å². The predicted molar refractivity (Wildman–Crippen MR) is 106 cm³/mol. The molecule has 6 nitrogen and oxygen atoms in total. The van der Waals surface area contributed by atoms with Crippen LogP contribution in [0.2, 0.25) is 0 Å². The molecule has 0 aliphatic heterocycles. The van der Waals surface area contributed by atoms with E-state index in [1.807, 2.05) is 6.07 Å². The summed E-state index contributed by atoms with van der Waals surface area (Å²) < 4.78 is 23.3. The third-order valence-corrected chi connectivity index (χ3v) is 4.35. The molecule has 2 aromatic carbocycles. The number of carboxylic acids is 1. The van der Waals surface area contributed by atoms with E-state index in [4.69, 9.17) is 14.6 Å². The van der Waals surface area contributed by atoms with Crippen molar-refractivity contribution in [2.45, 2.75) is 6.42 Å². The van der Waals surface area contributed by atoms with E-state index >= 15 is 0 Å². The van der Waals surface area contributed by atoms with E-state index in [0.29, 0.717) is 22.9 Å². The number of aliphatic carboxylic acids is 1. The van der Waals surface area contributed by atoms with Crippen LogP contribution in [0.4, 0.5) is 4.39 Å². The lowest BCUT2D eigenvalue weighted by Gasteiger charge is -2.13. The van der Waals surface area contributed by atoms with E-state index in [-0.39, 0.29) is 17.1 Å². The normalized spacial score (nSPS) is 11.0. The molecule has 0 spiro atoms. The number of methoxy groups -OCH3 is 2. The number of nitrogens with zero attached hydrogens (tertiary/aromatic N) is 1. The van der Waals surface area contributed by atoms with Gasteiger partial charge in [-0.1, -0.05) is 12.1 Å².